The van der Waals surface area contributed by atoms with Crippen molar-refractivity contribution in [2.75, 3.05) is 24.6 Å². The van der Waals surface area contributed by atoms with E-state index in [1.807, 2.05) is 44.2 Å². The first-order valence-electron chi connectivity index (χ1n) is 14.8. The number of hydrogen-bond acceptors (Lipinski definition) is 9. The molecular weight excluding hydrogens is 633 g/mol. The number of carbonyl (C=O) groups is 1. The fourth-order valence-corrected chi connectivity index (χ4v) is 8.92. The summed E-state index contributed by atoms with van der Waals surface area (Å²) in [6.07, 6.45) is 2.44. The lowest BCUT2D eigenvalue weighted by Crippen LogP contribution is -2.52. The lowest BCUT2D eigenvalue weighted by atomic mass is 10.00. The van der Waals surface area contributed by atoms with E-state index in [2.05, 4.69) is 15.3 Å². The zero-order chi connectivity index (χ0) is 32.6. The van der Waals surface area contributed by atoms with Crippen molar-refractivity contribution < 1.29 is 26.7 Å². The highest BCUT2D eigenvalue weighted by molar-refractivity contribution is 7.91. The van der Waals surface area contributed by atoms with Gasteiger partial charge in [-0.25, -0.2) is 21.8 Å². The molecule has 0 aliphatic carbocycles. The van der Waals surface area contributed by atoms with Crippen molar-refractivity contribution in [2.45, 2.75) is 50.7 Å². The summed E-state index contributed by atoms with van der Waals surface area (Å²) in [4.78, 5) is 21.7. The number of nitrogens with one attached hydrogen (secondary N) is 1. The third-order valence-corrected chi connectivity index (χ3v) is 11.8. The molecule has 0 fully saturated rings. The van der Waals surface area contributed by atoms with Crippen molar-refractivity contribution >= 4 is 47.3 Å². The predicted molar refractivity (Wildman–Crippen MR) is 177 cm³/mol. The summed E-state index contributed by atoms with van der Waals surface area (Å²) in [5, 5.41) is 14.4. The number of rotatable bonds is 16. The number of sulfonamides is 1. The fourth-order valence-electron chi connectivity index (χ4n) is 5.00. The zero-order valence-electron chi connectivity index (χ0n) is 25.6. The molecule has 2 aromatic carbocycles. The third kappa shape index (κ3) is 9.88. The quantitative estimate of drug-likeness (QED) is 0.183. The summed E-state index contributed by atoms with van der Waals surface area (Å²) in [6, 6.07) is 16.7. The number of aliphatic hydroxyl groups excluding tert-OH is 1. The average molecular weight is 673 g/mol. The normalized spacial score (nSPS) is 14.4. The zero-order valence-corrected chi connectivity index (χ0v) is 28.1. The Bertz CT molecular complexity index is 1760. The van der Waals surface area contributed by atoms with E-state index in [1.54, 1.807) is 36.1 Å². The van der Waals surface area contributed by atoms with Crippen LogP contribution in [0.2, 0.25) is 0 Å². The number of benzene rings is 2. The number of thiazole rings is 1. The van der Waals surface area contributed by atoms with E-state index in [9.17, 15) is 26.7 Å². The number of hydrogen-bond donors (Lipinski definition) is 2. The van der Waals surface area contributed by atoms with Gasteiger partial charge in [-0.3, -0.25) is 9.78 Å². The van der Waals surface area contributed by atoms with Gasteiger partial charge < -0.3 is 10.4 Å². The first kappa shape index (κ1) is 34.6. The van der Waals surface area contributed by atoms with Gasteiger partial charge in [-0.15, -0.1) is 11.3 Å². The molecule has 4 rings (SSSR count). The monoisotopic (exact) mass is 672 g/mol. The van der Waals surface area contributed by atoms with Crippen molar-refractivity contribution in [2.24, 2.45) is 11.8 Å². The number of aromatic nitrogens is 2. The Labute approximate surface area is 269 Å². The Morgan fingerprint density at radius 3 is 2.40 bits per heavy atom. The number of aliphatic hydroxyl groups is 1. The summed E-state index contributed by atoms with van der Waals surface area (Å²) in [7, 11) is -7.60. The molecule has 1 unspecified atom stereocenters. The van der Waals surface area contributed by atoms with E-state index in [-0.39, 0.29) is 48.3 Å². The molecule has 2 N–H and O–H groups in total. The molecule has 0 bridgehead atoms. The van der Waals surface area contributed by atoms with Crippen LogP contribution in [0.15, 0.2) is 83.5 Å². The second-order valence-electron chi connectivity index (χ2n) is 11.7. The Morgan fingerprint density at radius 1 is 0.978 bits per heavy atom. The van der Waals surface area contributed by atoms with Crippen LogP contribution >= 0.6 is 11.3 Å². The molecule has 0 saturated heterocycles. The minimum Gasteiger partial charge on any atom is -0.390 e. The number of nitrogens with zero attached hydrogens (tertiary/aromatic N) is 3. The summed E-state index contributed by atoms with van der Waals surface area (Å²) in [5.41, 5.74) is 3.84. The molecule has 2 aromatic heterocycles. The molecule has 10 nitrogen and oxygen atoms in total. The molecule has 1 amide bonds. The van der Waals surface area contributed by atoms with Crippen LogP contribution in [0, 0.1) is 11.8 Å². The number of fused-ring (bicyclic) bond motifs is 1. The van der Waals surface area contributed by atoms with Crippen molar-refractivity contribution in [3.8, 4) is 0 Å². The molecule has 0 aliphatic rings. The molecule has 13 heteroatoms. The first-order chi connectivity index (χ1) is 21.3. The maximum Gasteiger partial charge on any atom is 0.243 e. The van der Waals surface area contributed by atoms with Gasteiger partial charge >= 0.3 is 0 Å². The van der Waals surface area contributed by atoms with Gasteiger partial charge in [0.1, 0.15) is 0 Å². The molecule has 0 aliphatic heterocycles. The largest absolute Gasteiger partial charge is 0.390 e. The van der Waals surface area contributed by atoms with Gasteiger partial charge in [-0.1, -0.05) is 57.2 Å². The predicted octanol–water partition coefficient (Wildman–Crippen LogP) is 3.72. The Balaban J connectivity index is 1.51. The van der Waals surface area contributed by atoms with Crippen LogP contribution in [-0.4, -0.2) is 78.9 Å². The molecule has 45 heavy (non-hydrogen) atoms. The number of sulfone groups is 1. The lowest BCUT2D eigenvalue weighted by molar-refractivity contribution is -0.125. The lowest BCUT2D eigenvalue weighted by Gasteiger charge is -2.31. The SMILES string of the molecule is CC(C)CN(C[C@@H](O)C(Cc1ccccc1)NC(=O)[C@H](C)CS(=O)(=O)CCc1cccnc1)S(=O)(=O)c1ccc2scnc2c1. The molecule has 3 atom stereocenters. The maximum atomic E-state index is 13.8. The van der Waals surface area contributed by atoms with E-state index >= 15 is 0 Å². The third-order valence-electron chi connectivity index (χ3n) is 7.37. The maximum absolute atomic E-state index is 13.8. The van der Waals surface area contributed by atoms with E-state index in [1.165, 1.54) is 34.7 Å². The van der Waals surface area contributed by atoms with Gasteiger partial charge in [0.05, 0.1) is 44.3 Å². The topological polar surface area (TPSA) is 147 Å². The fraction of sp³-hybridized carbons (Fsp3) is 0.406. The second-order valence-corrected chi connectivity index (χ2v) is 16.7. The number of amides is 1. The minimum absolute atomic E-state index is 0.0472. The molecule has 0 radical (unpaired) electrons. The molecular formula is C32H40N4O6S3. The first-order valence-corrected chi connectivity index (χ1v) is 18.9. The van der Waals surface area contributed by atoms with Crippen molar-refractivity contribution in [1.82, 2.24) is 19.6 Å². The van der Waals surface area contributed by atoms with Crippen molar-refractivity contribution in [3.05, 3.63) is 89.7 Å². The summed E-state index contributed by atoms with van der Waals surface area (Å²) >= 11 is 1.41. The van der Waals surface area contributed by atoms with Gasteiger partial charge in [0.15, 0.2) is 9.84 Å². The highest BCUT2D eigenvalue weighted by Crippen LogP contribution is 2.25. The van der Waals surface area contributed by atoms with Crippen LogP contribution < -0.4 is 5.32 Å². The van der Waals surface area contributed by atoms with Gasteiger partial charge in [-0.05, 0) is 54.2 Å². The minimum atomic E-state index is -4.02. The van der Waals surface area contributed by atoms with Gasteiger partial charge in [-0.2, -0.15) is 4.31 Å². The highest BCUT2D eigenvalue weighted by atomic mass is 32.2. The van der Waals surface area contributed by atoms with E-state index in [4.69, 9.17) is 0 Å². The van der Waals surface area contributed by atoms with Gasteiger partial charge in [0, 0.05) is 31.4 Å². The van der Waals surface area contributed by atoms with Crippen molar-refractivity contribution in [3.63, 3.8) is 0 Å². The number of carbonyl (C=O) groups excluding carboxylic acids is 1. The Kier molecular flexibility index (Phi) is 11.8. The van der Waals surface area contributed by atoms with Crippen LogP contribution in [0.4, 0.5) is 0 Å². The molecule has 242 valence electrons. The molecule has 0 saturated carbocycles. The highest BCUT2D eigenvalue weighted by Gasteiger charge is 2.33. The van der Waals surface area contributed by atoms with Crippen LogP contribution in [-0.2, 0) is 37.5 Å². The summed E-state index contributed by atoms with van der Waals surface area (Å²) in [5.74, 6) is -1.96. The van der Waals surface area contributed by atoms with Crippen LogP contribution in [0.3, 0.4) is 0 Å². The average Bonchev–Trinajstić information content (AvgIpc) is 3.48. The number of aryl methyl sites for hydroxylation is 1. The van der Waals surface area contributed by atoms with E-state index in [0.29, 0.717) is 5.52 Å². The summed E-state index contributed by atoms with van der Waals surface area (Å²) in [6.45, 7) is 5.18. The van der Waals surface area contributed by atoms with Crippen LogP contribution in [0.1, 0.15) is 31.9 Å². The smallest absolute Gasteiger partial charge is 0.243 e. The van der Waals surface area contributed by atoms with E-state index in [0.717, 1.165) is 15.8 Å². The molecule has 4 aromatic rings. The standard InChI is InChI=1S/C32H40N4O6S3/c1-23(2)19-36(45(41,42)27-11-12-31-29(17-27)34-22-43-31)20-30(37)28(16-25-8-5-4-6-9-25)35-32(38)24(3)21-44(39,40)15-13-26-10-7-14-33-18-26/h4-12,14,17-18,22-24,28,30,37H,13,15-16,19-21H2,1-3H3,(H,35,38)/t24-,28?,30-/m1/s1. The van der Waals surface area contributed by atoms with Crippen LogP contribution in [0.25, 0.3) is 10.2 Å². The van der Waals surface area contributed by atoms with Gasteiger partial charge in [0.2, 0.25) is 15.9 Å². The van der Waals surface area contributed by atoms with Crippen LogP contribution in [0.5, 0.6) is 0 Å². The number of pyridine rings is 1. The Hall–Kier alpha value is -3.23. The summed E-state index contributed by atoms with van der Waals surface area (Å²) < 4.78 is 55.5. The van der Waals surface area contributed by atoms with Crippen molar-refractivity contribution in [1.29, 1.82) is 0 Å². The Morgan fingerprint density at radius 2 is 1.71 bits per heavy atom. The van der Waals surface area contributed by atoms with E-state index < -0.39 is 43.8 Å². The van der Waals surface area contributed by atoms with Gasteiger partial charge in [0.25, 0.3) is 0 Å². The molecule has 0 spiro atoms. The molecule has 2 heterocycles. The second kappa shape index (κ2) is 15.4.